The first-order chi connectivity index (χ1) is 12.5. The lowest BCUT2D eigenvalue weighted by molar-refractivity contribution is -0.140. The van der Waals surface area contributed by atoms with E-state index < -0.39 is 11.6 Å². The standard InChI is InChI=1S/C21H18O5/c1-13(2)20(22)25-12-14-4-5-16-11-18(21(23)26-19(16)10-14)15-6-8-17(24-3)9-7-15/h4-11H,1,12H2,2-3H3. The Hall–Kier alpha value is -3.34. The summed E-state index contributed by atoms with van der Waals surface area (Å²) in [5.74, 6) is 0.259. The second-order valence-electron chi connectivity index (χ2n) is 5.90. The molecule has 0 saturated heterocycles. The number of rotatable bonds is 5. The largest absolute Gasteiger partial charge is 0.497 e. The lowest BCUT2D eigenvalue weighted by Crippen LogP contribution is -2.05. The van der Waals surface area contributed by atoms with E-state index in [2.05, 4.69) is 6.58 Å². The van der Waals surface area contributed by atoms with Gasteiger partial charge in [0, 0.05) is 11.0 Å². The Labute approximate surface area is 150 Å². The molecule has 132 valence electrons. The molecule has 3 aromatic rings. The predicted molar refractivity (Wildman–Crippen MR) is 99.1 cm³/mol. The topological polar surface area (TPSA) is 65.7 Å². The van der Waals surface area contributed by atoms with Gasteiger partial charge in [-0.05, 0) is 42.3 Å². The molecule has 0 atom stereocenters. The van der Waals surface area contributed by atoms with Crippen LogP contribution in [0.5, 0.6) is 5.75 Å². The number of benzene rings is 2. The number of ether oxygens (including phenoxy) is 2. The molecule has 0 saturated carbocycles. The molecule has 3 rings (SSSR count). The summed E-state index contributed by atoms with van der Waals surface area (Å²) >= 11 is 0. The van der Waals surface area contributed by atoms with Gasteiger partial charge in [0.25, 0.3) is 0 Å². The fraction of sp³-hybridized carbons (Fsp3) is 0.143. The first-order valence-corrected chi connectivity index (χ1v) is 8.02. The summed E-state index contributed by atoms with van der Waals surface area (Å²) in [6.45, 7) is 5.21. The van der Waals surface area contributed by atoms with Gasteiger partial charge in [-0.3, -0.25) is 0 Å². The zero-order chi connectivity index (χ0) is 18.7. The average Bonchev–Trinajstić information content (AvgIpc) is 2.65. The smallest absolute Gasteiger partial charge is 0.344 e. The average molecular weight is 350 g/mol. The van der Waals surface area contributed by atoms with Crippen molar-refractivity contribution in [3.8, 4) is 16.9 Å². The maximum atomic E-state index is 12.4. The predicted octanol–water partition coefficient (Wildman–Crippen LogP) is 4.09. The van der Waals surface area contributed by atoms with Crippen LogP contribution in [-0.2, 0) is 16.1 Å². The maximum absolute atomic E-state index is 12.4. The molecule has 0 aliphatic carbocycles. The Morgan fingerprint density at radius 3 is 2.50 bits per heavy atom. The first-order valence-electron chi connectivity index (χ1n) is 8.02. The SMILES string of the molecule is C=C(C)C(=O)OCc1ccc2cc(-c3ccc(OC)cc3)c(=O)oc2c1. The summed E-state index contributed by atoms with van der Waals surface area (Å²) in [6, 6.07) is 14.3. The second kappa shape index (κ2) is 7.27. The molecule has 0 aliphatic heterocycles. The van der Waals surface area contributed by atoms with E-state index in [0.29, 0.717) is 22.5 Å². The number of hydrogen-bond donors (Lipinski definition) is 0. The van der Waals surface area contributed by atoms with Gasteiger partial charge in [0.2, 0.25) is 0 Å². The minimum absolute atomic E-state index is 0.0889. The molecule has 1 aromatic heterocycles. The number of esters is 1. The molecular formula is C21H18O5. The van der Waals surface area contributed by atoms with Gasteiger partial charge >= 0.3 is 11.6 Å². The van der Waals surface area contributed by atoms with Crippen molar-refractivity contribution in [2.24, 2.45) is 0 Å². The molecule has 0 aliphatic rings. The van der Waals surface area contributed by atoms with Crippen molar-refractivity contribution in [1.29, 1.82) is 0 Å². The van der Waals surface area contributed by atoms with Crippen LogP contribution in [0.25, 0.3) is 22.1 Å². The monoisotopic (exact) mass is 350 g/mol. The summed E-state index contributed by atoms with van der Waals surface area (Å²) < 4.78 is 15.7. The highest BCUT2D eigenvalue weighted by Crippen LogP contribution is 2.24. The van der Waals surface area contributed by atoms with Crippen LogP contribution in [0.3, 0.4) is 0 Å². The van der Waals surface area contributed by atoms with Gasteiger partial charge in [-0.1, -0.05) is 30.8 Å². The van der Waals surface area contributed by atoms with Crippen LogP contribution in [-0.4, -0.2) is 13.1 Å². The zero-order valence-electron chi connectivity index (χ0n) is 14.6. The van der Waals surface area contributed by atoms with E-state index in [-0.39, 0.29) is 6.61 Å². The van der Waals surface area contributed by atoms with Crippen molar-refractivity contribution < 1.29 is 18.7 Å². The number of fused-ring (bicyclic) bond motifs is 1. The summed E-state index contributed by atoms with van der Waals surface area (Å²) in [6.07, 6.45) is 0. The van der Waals surface area contributed by atoms with Crippen LogP contribution < -0.4 is 10.4 Å². The minimum atomic E-state index is -0.457. The third-order valence-electron chi connectivity index (χ3n) is 3.92. The molecule has 0 radical (unpaired) electrons. The van der Waals surface area contributed by atoms with Crippen LogP contribution in [0.4, 0.5) is 0 Å². The van der Waals surface area contributed by atoms with E-state index >= 15 is 0 Å². The molecule has 5 nitrogen and oxygen atoms in total. The number of carbonyl (C=O) groups excluding carboxylic acids is 1. The fourth-order valence-electron chi connectivity index (χ4n) is 2.49. The molecule has 0 spiro atoms. The Bertz CT molecular complexity index is 1030. The van der Waals surface area contributed by atoms with E-state index in [9.17, 15) is 9.59 Å². The Kier molecular flexibility index (Phi) is 4.89. The number of methoxy groups -OCH3 is 1. The van der Waals surface area contributed by atoms with E-state index in [0.717, 1.165) is 16.5 Å². The van der Waals surface area contributed by atoms with Crippen LogP contribution in [0.15, 0.2) is 69.9 Å². The molecule has 2 aromatic carbocycles. The van der Waals surface area contributed by atoms with Gasteiger partial charge < -0.3 is 13.9 Å². The van der Waals surface area contributed by atoms with Crippen molar-refractivity contribution in [3.63, 3.8) is 0 Å². The maximum Gasteiger partial charge on any atom is 0.344 e. The summed E-state index contributed by atoms with van der Waals surface area (Å²) in [4.78, 5) is 23.8. The molecule has 26 heavy (non-hydrogen) atoms. The van der Waals surface area contributed by atoms with Gasteiger partial charge in [-0.25, -0.2) is 9.59 Å². The van der Waals surface area contributed by atoms with Crippen LogP contribution in [0, 0.1) is 0 Å². The highest BCUT2D eigenvalue weighted by atomic mass is 16.5. The lowest BCUT2D eigenvalue weighted by atomic mass is 10.1. The zero-order valence-corrected chi connectivity index (χ0v) is 14.6. The quantitative estimate of drug-likeness (QED) is 0.394. The molecule has 1 heterocycles. The van der Waals surface area contributed by atoms with Gasteiger partial charge in [-0.15, -0.1) is 0 Å². The van der Waals surface area contributed by atoms with Gasteiger partial charge in [0.1, 0.15) is 17.9 Å². The van der Waals surface area contributed by atoms with Gasteiger partial charge in [0.15, 0.2) is 0 Å². The van der Waals surface area contributed by atoms with Crippen molar-refractivity contribution >= 4 is 16.9 Å². The van der Waals surface area contributed by atoms with E-state index in [1.54, 1.807) is 38.3 Å². The third-order valence-corrected chi connectivity index (χ3v) is 3.92. The van der Waals surface area contributed by atoms with Gasteiger partial charge in [0.05, 0.1) is 12.7 Å². The van der Waals surface area contributed by atoms with E-state index in [4.69, 9.17) is 13.9 Å². The normalized spacial score (nSPS) is 10.5. The molecule has 0 bridgehead atoms. The summed E-state index contributed by atoms with van der Waals surface area (Å²) in [7, 11) is 1.59. The molecule has 0 fully saturated rings. The highest BCUT2D eigenvalue weighted by molar-refractivity contribution is 5.87. The van der Waals surface area contributed by atoms with E-state index in [1.165, 1.54) is 0 Å². The molecule has 0 unspecified atom stereocenters. The molecule has 0 N–H and O–H groups in total. The fourth-order valence-corrected chi connectivity index (χ4v) is 2.49. The van der Waals surface area contributed by atoms with Crippen LogP contribution in [0.1, 0.15) is 12.5 Å². The van der Waals surface area contributed by atoms with Crippen molar-refractivity contribution in [2.75, 3.05) is 7.11 Å². The van der Waals surface area contributed by atoms with E-state index in [1.807, 2.05) is 24.3 Å². The van der Waals surface area contributed by atoms with Gasteiger partial charge in [-0.2, -0.15) is 0 Å². The summed E-state index contributed by atoms with van der Waals surface area (Å²) in [5, 5.41) is 0.783. The Morgan fingerprint density at radius 1 is 1.12 bits per heavy atom. The van der Waals surface area contributed by atoms with Crippen LogP contribution in [0.2, 0.25) is 0 Å². The lowest BCUT2D eigenvalue weighted by Gasteiger charge is -2.07. The molecule has 0 amide bonds. The Morgan fingerprint density at radius 2 is 1.85 bits per heavy atom. The van der Waals surface area contributed by atoms with Crippen molar-refractivity contribution in [2.45, 2.75) is 13.5 Å². The molecular weight excluding hydrogens is 332 g/mol. The number of carbonyl (C=O) groups is 1. The highest BCUT2D eigenvalue weighted by Gasteiger charge is 2.10. The third kappa shape index (κ3) is 3.67. The second-order valence-corrected chi connectivity index (χ2v) is 5.90. The Balaban J connectivity index is 1.91. The first kappa shape index (κ1) is 17.5. The van der Waals surface area contributed by atoms with Crippen molar-refractivity contribution in [3.05, 3.63) is 76.7 Å². The van der Waals surface area contributed by atoms with Crippen molar-refractivity contribution in [1.82, 2.24) is 0 Å². The number of hydrogen-bond acceptors (Lipinski definition) is 5. The minimum Gasteiger partial charge on any atom is -0.497 e. The van der Waals surface area contributed by atoms with Crippen LogP contribution >= 0.6 is 0 Å². The summed E-state index contributed by atoms with van der Waals surface area (Å²) in [5.41, 5.74) is 2.30. The molecule has 5 heteroatoms.